The van der Waals surface area contributed by atoms with Gasteiger partial charge in [-0.1, -0.05) is 48.5 Å². The Labute approximate surface area is 144 Å². The van der Waals surface area contributed by atoms with Crippen LogP contribution in [0.5, 0.6) is 5.75 Å². The fourth-order valence-electron chi connectivity index (χ4n) is 3.03. The van der Waals surface area contributed by atoms with E-state index in [0.29, 0.717) is 12.0 Å². The molecule has 0 saturated heterocycles. The predicted octanol–water partition coefficient (Wildman–Crippen LogP) is 3.98. The average Bonchev–Trinajstić information content (AvgIpc) is 3.32. The van der Waals surface area contributed by atoms with Gasteiger partial charge >= 0.3 is 5.91 Å². The smallest absolute Gasteiger partial charge is 0.310 e. The molecule has 5 heteroatoms. The van der Waals surface area contributed by atoms with Crippen LogP contribution in [0.4, 0.5) is 0 Å². The quantitative estimate of drug-likeness (QED) is 0.789. The maximum absolute atomic E-state index is 12.8. The zero-order valence-corrected chi connectivity index (χ0v) is 13.4. The topological polar surface area (TPSA) is 66.0 Å². The molecule has 0 aliphatic carbocycles. The molecule has 0 spiro atoms. The van der Waals surface area contributed by atoms with E-state index in [-0.39, 0.29) is 23.5 Å². The number of hydrogen-bond donors (Lipinski definition) is 1. The third-order valence-corrected chi connectivity index (χ3v) is 4.25. The number of rotatable bonds is 3. The summed E-state index contributed by atoms with van der Waals surface area (Å²) in [7, 11) is 0. The number of amides is 1. The van der Waals surface area contributed by atoms with Crippen LogP contribution < -0.4 is 0 Å². The largest absolute Gasteiger partial charge is 0.508 e. The highest BCUT2D eigenvalue weighted by molar-refractivity contribution is 6.04. The van der Waals surface area contributed by atoms with E-state index in [0.717, 1.165) is 11.3 Å². The Kier molecular flexibility index (Phi) is 3.82. The molecule has 5 nitrogen and oxygen atoms in total. The maximum Gasteiger partial charge on any atom is 0.310 e. The van der Waals surface area contributed by atoms with E-state index in [1.807, 2.05) is 42.5 Å². The van der Waals surface area contributed by atoms with Gasteiger partial charge in [-0.25, -0.2) is 5.01 Å². The van der Waals surface area contributed by atoms with Gasteiger partial charge in [-0.15, -0.1) is 0 Å². The van der Waals surface area contributed by atoms with Gasteiger partial charge in [0.25, 0.3) is 0 Å². The van der Waals surface area contributed by atoms with Crippen molar-refractivity contribution in [1.82, 2.24) is 5.01 Å². The van der Waals surface area contributed by atoms with Crippen molar-refractivity contribution in [2.45, 2.75) is 12.5 Å². The molecular formula is C20H16N2O3. The van der Waals surface area contributed by atoms with Crippen molar-refractivity contribution in [2.24, 2.45) is 5.10 Å². The van der Waals surface area contributed by atoms with Crippen LogP contribution in [-0.4, -0.2) is 21.7 Å². The number of para-hydroxylation sites is 1. The van der Waals surface area contributed by atoms with Gasteiger partial charge in [0.1, 0.15) is 5.75 Å². The number of benzene rings is 2. The first kappa shape index (κ1) is 15.2. The Bertz CT molecular complexity index is 917. The molecule has 1 aromatic heterocycles. The summed E-state index contributed by atoms with van der Waals surface area (Å²) >= 11 is 0. The SMILES string of the molecule is O=C(c1ccco1)N1N=C(c2ccccc2)C[C@@H]1c1ccccc1O. The first-order valence-corrected chi connectivity index (χ1v) is 8.02. The average molecular weight is 332 g/mol. The van der Waals surface area contributed by atoms with Gasteiger partial charge in [0.05, 0.1) is 18.0 Å². The molecule has 1 N–H and O–H groups in total. The van der Waals surface area contributed by atoms with Crippen LogP contribution in [0.1, 0.15) is 34.1 Å². The molecular weight excluding hydrogens is 316 g/mol. The van der Waals surface area contributed by atoms with E-state index in [1.54, 1.807) is 24.3 Å². The molecule has 1 amide bonds. The number of phenolic OH excluding ortho intramolecular Hbond substituents is 1. The molecule has 1 aliphatic rings. The minimum absolute atomic E-state index is 0.147. The molecule has 2 heterocycles. The lowest BCUT2D eigenvalue weighted by atomic mass is 9.97. The van der Waals surface area contributed by atoms with Crippen LogP contribution in [0.2, 0.25) is 0 Å². The molecule has 1 atom stereocenters. The van der Waals surface area contributed by atoms with E-state index >= 15 is 0 Å². The number of nitrogens with zero attached hydrogens (tertiary/aromatic N) is 2. The Morgan fingerprint density at radius 3 is 2.52 bits per heavy atom. The summed E-state index contributed by atoms with van der Waals surface area (Å²) in [5.41, 5.74) is 2.42. The predicted molar refractivity (Wildman–Crippen MR) is 93.3 cm³/mol. The van der Waals surface area contributed by atoms with Gasteiger partial charge in [-0.05, 0) is 23.8 Å². The van der Waals surface area contributed by atoms with E-state index < -0.39 is 0 Å². The maximum atomic E-state index is 12.8. The highest BCUT2D eigenvalue weighted by Gasteiger charge is 2.35. The lowest BCUT2D eigenvalue weighted by Gasteiger charge is -2.21. The van der Waals surface area contributed by atoms with Crippen LogP contribution in [0.25, 0.3) is 0 Å². The Hall–Kier alpha value is -3.34. The van der Waals surface area contributed by atoms with Crippen molar-refractivity contribution in [2.75, 3.05) is 0 Å². The van der Waals surface area contributed by atoms with Crippen molar-refractivity contribution in [3.8, 4) is 5.75 Å². The van der Waals surface area contributed by atoms with E-state index in [9.17, 15) is 9.90 Å². The van der Waals surface area contributed by atoms with Crippen molar-refractivity contribution in [3.05, 3.63) is 89.9 Å². The summed E-state index contributed by atoms with van der Waals surface area (Å²) in [6.07, 6.45) is 1.98. The minimum Gasteiger partial charge on any atom is -0.508 e. The van der Waals surface area contributed by atoms with E-state index in [2.05, 4.69) is 5.10 Å². The molecule has 3 aromatic rings. The van der Waals surface area contributed by atoms with Crippen molar-refractivity contribution >= 4 is 11.6 Å². The van der Waals surface area contributed by atoms with Crippen molar-refractivity contribution in [3.63, 3.8) is 0 Å². The zero-order valence-electron chi connectivity index (χ0n) is 13.4. The number of hydrogen-bond acceptors (Lipinski definition) is 4. The molecule has 4 rings (SSSR count). The lowest BCUT2D eigenvalue weighted by molar-refractivity contribution is 0.0677. The van der Waals surface area contributed by atoms with Crippen LogP contribution in [0.15, 0.2) is 82.5 Å². The van der Waals surface area contributed by atoms with Gasteiger partial charge < -0.3 is 9.52 Å². The summed E-state index contributed by atoms with van der Waals surface area (Å²) in [5, 5.41) is 16.2. The number of furan rings is 1. The van der Waals surface area contributed by atoms with Gasteiger partial charge in [0, 0.05) is 12.0 Å². The highest BCUT2D eigenvalue weighted by atomic mass is 16.3. The van der Waals surface area contributed by atoms with Gasteiger partial charge in [-0.3, -0.25) is 4.79 Å². The fourth-order valence-corrected chi connectivity index (χ4v) is 3.03. The van der Waals surface area contributed by atoms with Gasteiger partial charge in [-0.2, -0.15) is 5.10 Å². The Morgan fingerprint density at radius 2 is 1.80 bits per heavy atom. The number of carbonyl (C=O) groups excluding carboxylic acids is 1. The first-order valence-electron chi connectivity index (χ1n) is 8.02. The number of phenols is 1. The highest BCUT2D eigenvalue weighted by Crippen LogP contribution is 2.37. The lowest BCUT2D eigenvalue weighted by Crippen LogP contribution is -2.26. The number of hydrazone groups is 1. The summed E-state index contributed by atoms with van der Waals surface area (Å²) in [5.74, 6) is 0.0388. The molecule has 25 heavy (non-hydrogen) atoms. The van der Waals surface area contributed by atoms with Crippen molar-refractivity contribution < 1.29 is 14.3 Å². The molecule has 0 saturated carbocycles. The standard InChI is InChI=1S/C20H16N2O3/c23-18-10-5-4-9-15(18)17-13-16(14-7-2-1-3-8-14)21-22(17)20(24)19-11-6-12-25-19/h1-12,17,23H,13H2/t17-/m1/s1. The third-order valence-electron chi connectivity index (χ3n) is 4.25. The fraction of sp³-hybridized carbons (Fsp3) is 0.100. The summed E-state index contributed by atoms with van der Waals surface area (Å²) < 4.78 is 5.24. The van der Waals surface area contributed by atoms with Gasteiger partial charge in [0.2, 0.25) is 0 Å². The molecule has 0 fully saturated rings. The van der Waals surface area contributed by atoms with Crippen LogP contribution in [-0.2, 0) is 0 Å². The van der Waals surface area contributed by atoms with Gasteiger partial charge in [0.15, 0.2) is 5.76 Å². The normalized spacial score (nSPS) is 16.7. The molecule has 0 unspecified atom stereocenters. The number of carbonyl (C=O) groups is 1. The second kappa shape index (κ2) is 6.28. The van der Waals surface area contributed by atoms with Crippen LogP contribution >= 0.6 is 0 Å². The van der Waals surface area contributed by atoms with Crippen LogP contribution in [0.3, 0.4) is 0 Å². The summed E-state index contributed by atoms with van der Waals surface area (Å²) in [6, 6.07) is 19.6. The van der Waals surface area contributed by atoms with Crippen molar-refractivity contribution in [1.29, 1.82) is 0 Å². The van der Waals surface area contributed by atoms with Crippen LogP contribution in [0, 0.1) is 0 Å². The summed E-state index contributed by atoms with van der Waals surface area (Å²) in [6.45, 7) is 0. The zero-order chi connectivity index (χ0) is 17.2. The monoisotopic (exact) mass is 332 g/mol. The van der Waals surface area contributed by atoms with E-state index in [1.165, 1.54) is 11.3 Å². The molecule has 2 aromatic carbocycles. The Morgan fingerprint density at radius 1 is 1.04 bits per heavy atom. The molecule has 124 valence electrons. The minimum atomic E-state index is -0.381. The molecule has 0 radical (unpaired) electrons. The third kappa shape index (κ3) is 2.80. The summed E-state index contributed by atoms with van der Waals surface area (Å²) in [4.78, 5) is 12.8. The molecule has 1 aliphatic heterocycles. The van der Waals surface area contributed by atoms with E-state index in [4.69, 9.17) is 4.42 Å². The number of aromatic hydroxyl groups is 1. The second-order valence-corrected chi connectivity index (χ2v) is 5.82. The Balaban J connectivity index is 1.75. The second-order valence-electron chi connectivity index (χ2n) is 5.82. The first-order chi connectivity index (χ1) is 12.2. The molecule has 0 bridgehead atoms.